The summed E-state index contributed by atoms with van der Waals surface area (Å²) in [6.45, 7) is 3.49. The molecular formula is C12H19O3P. The van der Waals surface area contributed by atoms with Crippen molar-refractivity contribution in [2.24, 2.45) is 5.92 Å². The van der Waals surface area contributed by atoms with Crippen molar-refractivity contribution in [1.82, 2.24) is 0 Å². The van der Waals surface area contributed by atoms with Crippen LogP contribution in [0.15, 0.2) is 30.3 Å². The highest BCUT2D eigenvalue weighted by molar-refractivity contribution is 7.58. The monoisotopic (exact) mass is 242 g/mol. The van der Waals surface area contributed by atoms with Crippen LogP contribution in [-0.4, -0.2) is 22.0 Å². The Kier molecular flexibility index (Phi) is 4.72. The minimum Gasteiger partial charge on any atom is -0.383 e. The summed E-state index contributed by atoms with van der Waals surface area (Å²) in [5.74, 6) is -1.30. The third-order valence-electron chi connectivity index (χ3n) is 2.57. The lowest BCUT2D eigenvalue weighted by atomic mass is 10.2. The third kappa shape index (κ3) is 3.75. The third-order valence-corrected chi connectivity index (χ3v) is 4.86. The molecule has 0 aliphatic rings. The Morgan fingerprint density at radius 1 is 1.25 bits per heavy atom. The molecule has 1 aromatic rings. The number of aryl methyl sites for hydroxylation is 1. The molecule has 0 bridgehead atoms. The molecule has 0 fully saturated rings. The van der Waals surface area contributed by atoms with E-state index in [2.05, 4.69) is 0 Å². The van der Waals surface area contributed by atoms with Crippen LogP contribution in [0.25, 0.3) is 0 Å². The molecule has 1 rings (SSSR count). The van der Waals surface area contributed by atoms with Crippen molar-refractivity contribution >= 4 is 7.37 Å². The second kappa shape index (κ2) is 5.62. The molecule has 0 aliphatic carbocycles. The Hall–Kier alpha value is -0.630. The van der Waals surface area contributed by atoms with Gasteiger partial charge < -0.3 is 10.00 Å². The standard InChI is InChI=1S/C12H19O3P/c1-10(2)12(13)16(14,15)9-8-11-6-4-3-5-7-11/h3-7,10,12-13H,8-9H2,1-2H3,(H,14,15). The predicted molar refractivity (Wildman–Crippen MR) is 65.7 cm³/mol. The van der Waals surface area contributed by atoms with Crippen molar-refractivity contribution in [1.29, 1.82) is 0 Å². The van der Waals surface area contributed by atoms with Crippen molar-refractivity contribution in [3.05, 3.63) is 35.9 Å². The zero-order valence-corrected chi connectivity index (χ0v) is 10.6. The van der Waals surface area contributed by atoms with E-state index in [9.17, 15) is 14.6 Å². The highest BCUT2D eigenvalue weighted by Gasteiger charge is 2.30. The van der Waals surface area contributed by atoms with Crippen LogP contribution in [0.4, 0.5) is 0 Å². The molecule has 1 aromatic carbocycles. The van der Waals surface area contributed by atoms with Crippen LogP contribution in [0, 0.1) is 5.92 Å². The van der Waals surface area contributed by atoms with Gasteiger partial charge in [-0.2, -0.15) is 0 Å². The highest BCUT2D eigenvalue weighted by atomic mass is 31.2. The number of benzene rings is 1. The molecule has 90 valence electrons. The Balaban J connectivity index is 2.58. The maximum absolute atomic E-state index is 11.8. The van der Waals surface area contributed by atoms with Gasteiger partial charge in [-0.25, -0.2) is 0 Å². The first-order valence-corrected chi connectivity index (χ1v) is 7.38. The molecule has 4 heteroatoms. The van der Waals surface area contributed by atoms with E-state index in [0.29, 0.717) is 6.42 Å². The van der Waals surface area contributed by atoms with Gasteiger partial charge in [-0.15, -0.1) is 0 Å². The summed E-state index contributed by atoms with van der Waals surface area (Å²) < 4.78 is 11.8. The molecule has 0 aromatic heterocycles. The smallest absolute Gasteiger partial charge is 0.228 e. The van der Waals surface area contributed by atoms with Gasteiger partial charge in [-0.05, 0) is 17.9 Å². The van der Waals surface area contributed by atoms with Crippen LogP contribution < -0.4 is 0 Å². The first-order chi connectivity index (χ1) is 7.43. The fourth-order valence-corrected chi connectivity index (χ4v) is 3.31. The van der Waals surface area contributed by atoms with Gasteiger partial charge in [0, 0.05) is 6.16 Å². The zero-order chi connectivity index (χ0) is 12.2. The van der Waals surface area contributed by atoms with Crippen LogP contribution in [0.1, 0.15) is 19.4 Å². The second-order valence-corrected chi connectivity index (χ2v) is 6.86. The van der Waals surface area contributed by atoms with Crippen LogP contribution in [0.5, 0.6) is 0 Å². The van der Waals surface area contributed by atoms with Crippen LogP contribution in [-0.2, 0) is 11.0 Å². The topological polar surface area (TPSA) is 57.5 Å². The second-order valence-electron chi connectivity index (χ2n) is 4.37. The number of aliphatic hydroxyl groups excluding tert-OH is 1. The van der Waals surface area contributed by atoms with E-state index in [0.717, 1.165) is 5.56 Å². The van der Waals surface area contributed by atoms with E-state index in [1.54, 1.807) is 13.8 Å². The molecule has 3 nitrogen and oxygen atoms in total. The molecule has 16 heavy (non-hydrogen) atoms. The van der Waals surface area contributed by atoms with E-state index in [1.807, 2.05) is 30.3 Å². The Morgan fingerprint density at radius 2 is 1.81 bits per heavy atom. The van der Waals surface area contributed by atoms with E-state index >= 15 is 0 Å². The molecular weight excluding hydrogens is 223 g/mol. The van der Waals surface area contributed by atoms with E-state index < -0.39 is 13.2 Å². The number of hydrogen-bond acceptors (Lipinski definition) is 2. The molecule has 0 amide bonds. The lowest BCUT2D eigenvalue weighted by molar-refractivity contribution is 0.183. The molecule has 2 unspecified atom stereocenters. The van der Waals surface area contributed by atoms with Gasteiger partial charge in [-0.3, -0.25) is 4.57 Å². The van der Waals surface area contributed by atoms with Crippen molar-refractivity contribution in [2.75, 3.05) is 6.16 Å². The number of hydrogen-bond donors (Lipinski definition) is 2. The Labute approximate surface area is 96.6 Å². The first-order valence-electron chi connectivity index (χ1n) is 5.47. The van der Waals surface area contributed by atoms with E-state index in [4.69, 9.17) is 0 Å². The average Bonchev–Trinajstić information content (AvgIpc) is 2.27. The number of rotatable bonds is 5. The lowest BCUT2D eigenvalue weighted by Gasteiger charge is -2.21. The SMILES string of the molecule is CC(C)C(O)P(=O)(O)CCc1ccccc1. The fourth-order valence-electron chi connectivity index (χ4n) is 1.53. The summed E-state index contributed by atoms with van der Waals surface area (Å²) in [6.07, 6.45) is 0.661. The molecule has 2 N–H and O–H groups in total. The highest BCUT2D eigenvalue weighted by Crippen LogP contribution is 2.48. The summed E-state index contributed by atoms with van der Waals surface area (Å²) in [6, 6.07) is 9.54. The molecule has 0 saturated carbocycles. The maximum atomic E-state index is 11.8. The Bertz CT molecular complexity index is 362. The van der Waals surface area contributed by atoms with Crippen LogP contribution in [0.2, 0.25) is 0 Å². The van der Waals surface area contributed by atoms with Crippen LogP contribution >= 0.6 is 7.37 Å². The molecule has 0 spiro atoms. The summed E-state index contributed by atoms with van der Waals surface area (Å²) in [5.41, 5.74) is 1.02. The van der Waals surface area contributed by atoms with Crippen molar-refractivity contribution in [3.63, 3.8) is 0 Å². The summed E-state index contributed by atoms with van der Waals surface area (Å²) >= 11 is 0. The molecule has 0 saturated heterocycles. The zero-order valence-electron chi connectivity index (χ0n) is 9.71. The van der Waals surface area contributed by atoms with E-state index in [-0.39, 0.29) is 12.1 Å². The minimum atomic E-state index is -3.45. The number of aliphatic hydroxyl groups is 1. The van der Waals surface area contributed by atoms with Gasteiger partial charge in [0.2, 0.25) is 7.37 Å². The van der Waals surface area contributed by atoms with Crippen molar-refractivity contribution in [2.45, 2.75) is 26.1 Å². The van der Waals surface area contributed by atoms with Crippen molar-refractivity contribution < 1.29 is 14.6 Å². The van der Waals surface area contributed by atoms with Gasteiger partial charge in [0.05, 0.1) is 0 Å². The molecule has 0 aliphatic heterocycles. The molecule has 0 heterocycles. The quantitative estimate of drug-likeness (QED) is 0.780. The Morgan fingerprint density at radius 3 is 2.31 bits per heavy atom. The minimum absolute atomic E-state index is 0.135. The maximum Gasteiger partial charge on any atom is 0.228 e. The van der Waals surface area contributed by atoms with Gasteiger partial charge >= 0.3 is 0 Å². The molecule has 2 atom stereocenters. The normalized spacial score (nSPS) is 17.1. The summed E-state index contributed by atoms with van der Waals surface area (Å²) in [7, 11) is -3.45. The van der Waals surface area contributed by atoms with Crippen molar-refractivity contribution in [3.8, 4) is 0 Å². The summed E-state index contributed by atoms with van der Waals surface area (Å²) in [5, 5.41) is 9.62. The van der Waals surface area contributed by atoms with Gasteiger partial charge in [0.1, 0.15) is 5.85 Å². The molecule has 0 radical (unpaired) electrons. The van der Waals surface area contributed by atoms with Crippen LogP contribution in [0.3, 0.4) is 0 Å². The van der Waals surface area contributed by atoms with Gasteiger partial charge in [-0.1, -0.05) is 44.2 Å². The average molecular weight is 242 g/mol. The first kappa shape index (κ1) is 13.4. The largest absolute Gasteiger partial charge is 0.383 e. The fraction of sp³-hybridized carbons (Fsp3) is 0.500. The lowest BCUT2D eigenvalue weighted by Crippen LogP contribution is -2.17. The van der Waals surface area contributed by atoms with Gasteiger partial charge in [0.25, 0.3) is 0 Å². The van der Waals surface area contributed by atoms with E-state index in [1.165, 1.54) is 0 Å². The van der Waals surface area contributed by atoms with Gasteiger partial charge in [0.15, 0.2) is 0 Å². The predicted octanol–water partition coefficient (Wildman–Crippen LogP) is 2.47. The summed E-state index contributed by atoms with van der Waals surface area (Å²) in [4.78, 5) is 9.72.